The molecule has 80 valence electrons. The Morgan fingerprint density at radius 1 is 1.15 bits per heavy atom. The van der Waals surface area contributed by atoms with Crippen molar-refractivity contribution in [2.24, 2.45) is 0 Å². The van der Waals surface area contributed by atoms with Crippen molar-refractivity contribution in [3.63, 3.8) is 0 Å². The highest BCUT2D eigenvalue weighted by molar-refractivity contribution is 8.01. The molecule has 0 fully saturated rings. The smallest absolute Gasteiger partial charge is 0.138 e. The van der Waals surface area contributed by atoms with Gasteiger partial charge < -0.3 is 0 Å². The molecule has 1 unspecified atom stereocenters. The summed E-state index contributed by atoms with van der Waals surface area (Å²) in [5.74, 6) is 0.960. The number of thioether (sulfide) groups is 1. The molecule has 0 saturated heterocycles. The number of unbranched alkanes of at least 4 members (excludes halogenated alkanes) is 3. The van der Waals surface area contributed by atoms with Crippen LogP contribution in [0.1, 0.15) is 32.6 Å². The van der Waals surface area contributed by atoms with Gasteiger partial charge in [-0.1, -0.05) is 61.0 Å². The third kappa shape index (κ3) is 8.50. The van der Waals surface area contributed by atoms with Crippen LogP contribution < -0.4 is 0 Å². The normalized spacial score (nSPS) is 14.5. The summed E-state index contributed by atoms with van der Waals surface area (Å²) >= 11 is 24.1. The number of hydrogen-bond donors (Lipinski definition) is 0. The molecule has 0 aromatic carbocycles. The minimum atomic E-state index is -1.35. The zero-order valence-corrected chi connectivity index (χ0v) is 11.4. The van der Waals surface area contributed by atoms with Crippen LogP contribution >= 0.6 is 58.2 Å². The highest BCUT2D eigenvalue weighted by Crippen LogP contribution is 2.40. The van der Waals surface area contributed by atoms with Crippen LogP contribution in [0.3, 0.4) is 0 Å². The van der Waals surface area contributed by atoms with Gasteiger partial charge in [-0.05, 0) is 12.2 Å². The first-order chi connectivity index (χ1) is 5.98. The molecule has 0 aromatic rings. The first-order valence-electron chi connectivity index (χ1n) is 4.31. The van der Waals surface area contributed by atoms with Gasteiger partial charge in [0, 0.05) is 0 Å². The molecule has 0 radical (unpaired) electrons. The zero-order chi connectivity index (χ0) is 10.3. The Morgan fingerprint density at radius 3 is 2.23 bits per heavy atom. The summed E-state index contributed by atoms with van der Waals surface area (Å²) in [5.41, 5.74) is 0. The zero-order valence-electron chi connectivity index (χ0n) is 7.53. The lowest BCUT2D eigenvalue weighted by Crippen LogP contribution is -2.15. The Labute approximate surface area is 105 Å². The van der Waals surface area contributed by atoms with E-state index in [0.29, 0.717) is 0 Å². The van der Waals surface area contributed by atoms with E-state index < -0.39 is 8.50 Å². The summed E-state index contributed by atoms with van der Waals surface area (Å²) in [6.07, 6.45) is 4.87. The summed E-state index contributed by atoms with van der Waals surface area (Å²) in [5, 5.41) is 0. The van der Waals surface area contributed by atoms with Crippen LogP contribution in [0, 0.1) is 0 Å². The first kappa shape index (κ1) is 14.5. The van der Waals surface area contributed by atoms with E-state index in [1.807, 2.05) is 0 Å². The quantitative estimate of drug-likeness (QED) is 0.475. The fraction of sp³-hybridized carbons (Fsp3) is 1.00. The number of halogens is 4. The molecular weight excluding hydrogens is 270 g/mol. The predicted octanol–water partition coefficient (Wildman–Crippen LogP) is 5.24. The van der Waals surface area contributed by atoms with Gasteiger partial charge in [-0.3, -0.25) is 0 Å². The summed E-state index contributed by atoms with van der Waals surface area (Å²) in [7, 11) is 0. The SMILES string of the molecule is CCCCCCSC(Cl)C(Cl)(Cl)Cl. The van der Waals surface area contributed by atoms with E-state index >= 15 is 0 Å². The monoisotopic (exact) mass is 282 g/mol. The van der Waals surface area contributed by atoms with Gasteiger partial charge in [0.1, 0.15) is 4.71 Å². The molecule has 0 saturated carbocycles. The molecule has 0 aromatic heterocycles. The van der Waals surface area contributed by atoms with Crippen molar-refractivity contribution < 1.29 is 0 Å². The van der Waals surface area contributed by atoms with Crippen LogP contribution in [0.2, 0.25) is 0 Å². The second kappa shape index (κ2) is 7.76. The summed E-state index contributed by atoms with van der Waals surface area (Å²) in [4.78, 5) is 0. The molecule has 1 atom stereocenters. The van der Waals surface area contributed by atoms with E-state index in [9.17, 15) is 0 Å². The maximum Gasteiger partial charge on any atom is 0.215 e. The Kier molecular flexibility index (Phi) is 8.66. The van der Waals surface area contributed by atoms with E-state index in [4.69, 9.17) is 46.4 Å². The Hall–Kier alpha value is 1.51. The van der Waals surface area contributed by atoms with Crippen LogP contribution in [0.25, 0.3) is 0 Å². The molecule has 0 nitrogen and oxygen atoms in total. The molecule has 0 N–H and O–H groups in total. The van der Waals surface area contributed by atoms with Gasteiger partial charge >= 0.3 is 0 Å². The standard InChI is InChI=1S/C8H14Cl4S/c1-2-3-4-5-6-13-7(9)8(10,11)12/h7H,2-6H2,1H3. The Bertz CT molecular complexity index is 124. The number of hydrogen-bond acceptors (Lipinski definition) is 1. The molecule has 13 heavy (non-hydrogen) atoms. The van der Waals surface area contributed by atoms with Crippen molar-refractivity contribution in [1.29, 1.82) is 0 Å². The van der Waals surface area contributed by atoms with E-state index in [-0.39, 0.29) is 0 Å². The lowest BCUT2D eigenvalue weighted by molar-refractivity contribution is 0.706. The van der Waals surface area contributed by atoms with E-state index in [2.05, 4.69) is 6.92 Å². The molecule has 0 rings (SSSR count). The molecule has 0 aliphatic carbocycles. The van der Waals surface area contributed by atoms with Crippen LogP contribution in [0.15, 0.2) is 0 Å². The predicted molar refractivity (Wildman–Crippen MR) is 66.5 cm³/mol. The molecule has 0 heterocycles. The summed E-state index contributed by atoms with van der Waals surface area (Å²) in [6, 6.07) is 0. The Balaban J connectivity index is 3.32. The second-order valence-electron chi connectivity index (χ2n) is 2.79. The topological polar surface area (TPSA) is 0 Å². The molecule has 0 bridgehead atoms. The van der Waals surface area contributed by atoms with Crippen LogP contribution in [-0.4, -0.2) is 14.3 Å². The van der Waals surface area contributed by atoms with Crippen molar-refractivity contribution in [2.45, 2.75) is 41.1 Å². The fourth-order valence-electron chi connectivity index (χ4n) is 0.810. The fourth-order valence-corrected chi connectivity index (χ4v) is 2.41. The van der Waals surface area contributed by atoms with E-state index in [1.54, 1.807) is 0 Å². The number of alkyl halides is 4. The van der Waals surface area contributed by atoms with Crippen molar-refractivity contribution in [1.82, 2.24) is 0 Å². The van der Waals surface area contributed by atoms with Crippen molar-refractivity contribution in [3.8, 4) is 0 Å². The van der Waals surface area contributed by atoms with Gasteiger partial charge in [-0.15, -0.1) is 23.4 Å². The van der Waals surface area contributed by atoms with Crippen molar-refractivity contribution in [3.05, 3.63) is 0 Å². The average molecular weight is 284 g/mol. The second-order valence-corrected chi connectivity index (χ2v) is 7.07. The third-order valence-corrected chi connectivity index (χ3v) is 4.77. The van der Waals surface area contributed by atoms with Gasteiger partial charge in [0.25, 0.3) is 0 Å². The van der Waals surface area contributed by atoms with Crippen LogP contribution in [-0.2, 0) is 0 Å². The average Bonchev–Trinajstić information content (AvgIpc) is 2.02. The molecular formula is C8H14Cl4S. The van der Waals surface area contributed by atoms with Gasteiger partial charge in [-0.25, -0.2) is 0 Å². The summed E-state index contributed by atoms with van der Waals surface area (Å²) < 4.78 is -1.80. The van der Waals surface area contributed by atoms with Crippen LogP contribution in [0.4, 0.5) is 0 Å². The minimum Gasteiger partial charge on any atom is -0.138 e. The third-order valence-electron chi connectivity index (χ3n) is 1.52. The van der Waals surface area contributed by atoms with Gasteiger partial charge in [0.15, 0.2) is 0 Å². The molecule has 0 spiro atoms. The molecule has 0 amide bonds. The maximum absolute atomic E-state index is 5.84. The van der Waals surface area contributed by atoms with Gasteiger partial charge in [-0.2, -0.15) is 0 Å². The van der Waals surface area contributed by atoms with Crippen molar-refractivity contribution >= 4 is 58.2 Å². The van der Waals surface area contributed by atoms with Gasteiger partial charge in [0.2, 0.25) is 3.79 Å². The number of rotatable bonds is 6. The van der Waals surface area contributed by atoms with Crippen LogP contribution in [0.5, 0.6) is 0 Å². The highest BCUT2D eigenvalue weighted by Gasteiger charge is 2.30. The lowest BCUT2D eigenvalue weighted by atomic mass is 10.2. The minimum absolute atomic E-state index is 0.445. The Morgan fingerprint density at radius 2 is 1.77 bits per heavy atom. The van der Waals surface area contributed by atoms with Gasteiger partial charge in [0.05, 0.1) is 0 Å². The van der Waals surface area contributed by atoms with E-state index in [0.717, 1.165) is 12.2 Å². The highest BCUT2D eigenvalue weighted by atomic mass is 35.6. The molecule has 0 aliphatic heterocycles. The van der Waals surface area contributed by atoms with Crippen molar-refractivity contribution in [2.75, 3.05) is 5.75 Å². The summed E-state index contributed by atoms with van der Waals surface area (Å²) in [6.45, 7) is 2.18. The van der Waals surface area contributed by atoms with E-state index in [1.165, 1.54) is 31.0 Å². The first-order valence-corrected chi connectivity index (χ1v) is 6.92. The lowest BCUT2D eigenvalue weighted by Gasteiger charge is -2.16. The maximum atomic E-state index is 5.84. The molecule has 5 heteroatoms. The molecule has 0 aliphatic rings. The largest absolute Gasteiger partial charge is 0.215 e.